The lowest BCUT2D eigenvalue weighted by atomic mass is 10.0. The number of para-hydroxylation sites is 1. The van der Waals surface area contributed by atoms with Gasteiger partial charge >= 0.3 is 0 Å². The summed E-state index contributed by atoms with van der Waals surface area (Å²) >= 11 is 0. The molecule has 0 spiro atoms. The fourth-order valence-electron chi connectivity index (χ4n) is 3.49. The molecule has 2 aliphatic carbocycles. The first-order chi connectivity index (χ1) is 10.2. The van der Waals surface area contributed by atoms with Gasteiger partial charge in [0.15, 0.2) is 11.5 Å². The minimum atomic E-state index is -0.360. The maximum atomic E-state index is 12.2. The van der Waals surface area contributed by atoms with Crippen LogP contribution in [0.25, 0.3) is 0 Å². The quantitative estimate of drug-likeness (QED) is 0.739. The molecule has 21 heavy (non-hydrogen) atoms. The van der Waals surface area contributed by atoms with E-state index < -0.39 is 0 Å². The normalized spacial score (nSPS) is 25.0. The van der Waals surface area contributed by atoms with E-state index in [2.05, 4.69) is 17.4 Å². The van der Waals surface area contributed by atoms with Crippen LogP contribution in [-0.2, 0) is 6.42 Å². The number of fused-ring (bicyclic) bond motifs is 3. The van der Waals surface area contributed by atoms with Crippen LogP contribution >= 0.6 is 0 Å². The first-order valence-electron chi connectivity index (χ1n) is 7.06. The van der Waals surface area contributed by atoms with Crippen LogP contribution < -0.4 is 5.32 Å². The van der Waals surface area contributed by atoms with Crippen LogP contribution in [0.2, 0.25) is 0 Å². The van der Waals surface area contributed by atoms with Crippen molar-refractivity contribution >= 4 is 5.91 Å². The van der Waals surface area contributed by atoms with Crippen molar-refractivity contribution < 1.29 is 15.0 Å². The lowest BCUT2D eigenvalue weighted by molar-refractivity contribution is 0.0944. The van der Waals surface area contributed by atoms with Crippen LogP contribution in [0.3, 0.4) is 0 Å². The van der Waals surface area contributed by atoms with Gasteiger partial charge < -0.3 is 15.5 Å². The minimum absolute atomic E-state index is 0.119. The molecule has 2 aromatic carbocycles. The average molecular weight is 281 g/mol. The molecule has 0 heterocycles. The van der Waals surface area contributed by atoms with Crippen LogP contribution in [0.15, 0.2) is 42.5 Å². The van der Waals surface area contributed by atoms with Gasteiger partial charge in [0.1, 0.15) is 0 Å². The standard InChI is InChI=1S/C17H15NO3/c19-13-7-3-6-11(16(13)20)17(21)18-15-12-8-9-4-1-2-5-10(9)14(12)15/h1-7,12,14-15,19-20H,8H2,(H,18,21). The van der Waals surface area contributed by atoms with Gasteiger partial charge in [-0.05, 0) is 35.6 Å². The van der Waals surface area contributed by atoms with Crippen molar-refractivity contribution in [1.29, 1.82) is 0 Å². The first kappa shape index (κ1) is 12.3. The zero-order valence-corrected chi connectivity index (χ0v) is 11.3. The number of hydrogen-bond acceptors (Lipinski definition) is 3. The van der Waals surface area contributed by atoms with Gasteiger partial charge in [-0.3, -0.25) is 4.79 Å². The van der Waals surface area contributed by atoms with Crippen molar-refractivity contribution in [2.45, 2.75) is 18.4 Å². The van der Waals surface area contributed by atoms with E-state index in [4.69, 9.17) is 0 Å². The Labute approximate surface area is 122 Å². The molecule has 2 aliphatic rings. The summed E-state index contributed by atoms with van der Waals surface area (Å²) < 4.78 is 0. The predicted octanol–water partition coefficient (Wildman–Crippen LogP) is 2.17. The molecular weight excluding hydrogens is 266 g/mol. The summed E-state index contributed by atoms with van der Waals surface area (Å²) in [5.41, 5.74) is 2.82. The predicted molar refractivity (Wildman–Crippen MR) is 77.4 cm³/mol. The van der Waals surface area contributed by atoms with Crippen molar-refractivity contribution in [3.8, 4) is 11.5 Å². The van der Waals surface area contributed by atoms with Gasteiger partial charge in [-0.25, -0.2) is 0 Å². The zero-order chi connectivity index (χ0) is 14.6. The Morgan fingerprint density at radius 3 is 2.76 bits per heavy atom. The van der Waals surface area contributed by atoms with E-state index in [0.29, 0.717) is 11.8 Å². The maximum Gasteiger partial charge on any atom is 0.255 e. The monoisotopic (exact) mass is 281 g/mol. The summed E-state index contributed by atoms with van der Waals surface area (Å²) in [4.78, 5) is 12.2. The zero-order valence-electron chi connectivity index (χ0n) is 11.3. The van der Waals surface area contributed by atoms with Gasteiger partial charge in [-0.2, -0.15) is 0 Å². The Morgan fingerprint density at radius 1 is 1.10 bits per heavy atom. The number of nitrogens with one attached hydrogen (secondary N) is 1. The maximum absolute atomic E-state index is 12.2. The minimum Gasteiger partial charge on any atom is -0.504 e. The van der Waals surface area contributed by atoms with Crippen LogP contribution in [0, 0.1) is 5.92 Å². The van der Waals surface area contributed by atoms with Gasteiger partial charge in [-0.1, -0.05) is 30.3 Å². The summed E-state index contributed by atoms with van der Waals surface area (Å²) in [6, 6.07) is 12.9. The fourth-order valence-corrected chi connectivity index (χ4v) is 3.49. The van der Waals surface area contributed by atoms with E-state index in [1.165, 1.54) is 23.3 Å². The van der Waals surface area contributed by atoms with Crippen molar-refractivity contribution in [2.24, 2.45) is 5.92 Å². The summed E-state index contributed by atoms with van der Waals surface area (Å²) in [5.74, 6) is -0.110. The number of carbonyl (C=O) groups excluding carboxylic acids is 1. The van der Waals surface area contributed by atoms with Gasteiger partial charge in [0.25, 0.3) is 5.91 Å². The molecule has 0 aromatic heterocycles. The van der Waals surface area contributed by atoms with E-state index in [-0.39, 0.29) is 29.0 Å². The van der Waals surface area contributed by atoms with Gasteiger partial charge in [0.05, 0.1) is 5.56 Å². The molecule has 1 saturated carbocycles. The molecular formula is C17H15NO3. The second-order valence-electron chi connectivity index (χ2n) is 5.77. The molecule has 1 amide bonds. The SMILES string of the molecule is O=C(NC1C2Cc3ccccc3C21)c1cccc(O)c1O. The molecule has 0 saturated heterocycles. The Bertz CT molecular complexity index is 741. The highest BCUT2D eigenvalue weighted by molar-refractivity contribution is 5.98. The fraction of sp³-hybridized carbons (Fsp3) is 0.235. The second kappa shape index (κ2) is 4.25. The number of amides is 1. The third-order valence-electron chi connectivity index (χ3n) is 4.60. The topological polar surface area (TPSA) is 69.6 Å². The van der Waals surface area contributed by atoms with Gasteiger partial charge in [0.2, 0.25) is 0 Å². The summed E-state index contributed by atoms with van der Waals surface area (Å²) in [5, 5.41) is 22.2. The van der Waals surface area contributed by atoms with Gasteiger partial charge in [-0.15, -0.1) is 0 Å². The molecule has 4 heteroatoms. The summed E-state index contributed by atoms with van der Waals surface area (Å²) in [6.45, 7) is 0. The molecule has 3 unspecified atom stereocenters. The number of phenols is 2. The van der Waals surface area contributed by atoms with E-state index in [0.717, 1.165) is 6.42 Å². The van der Waals surface area contributed by atoms with E-state index in [1.54, 1.807) is 6.07 Å². The highest BCUT2D eigenvalue weighted by Crippen LogP contribution is 2.56. The Morgan fingerprint density at radius 2 is 1.90 bits per heavy atom. The number of aromatic hydroxyl groups is 2. The Kier molecular flexibility index (Phi) is 2.48. The van der Waals surface area contributed by atoms with E-state index in [1.807, 2.05) is 12.1 Å². The van der Waals surface area contributed by atoms with Crippen LogP contribution in [0.4, 0.5) is 0 Å². The summed E-state index contributed by atoms with van der Waals surface area (Å²) in [6.07, 6.45) is 0.998. The lowest BCUT2D eigenvalue weighted by Crippen LogP contribution is -2.28. The third-order valence-corrected chi connectivity index (χ3v) is 4.60. The molecule has 4 rings (SSSR count). The molecule has 0 radical (unpaired) electrons. The molecule has 3 N–H and O–H groups in total. The number of rotatable bonds is 2. The third kappa shape index (κ3) is 1.79. The smallest absolute Gasteiger partial charge is 0.255 e. The number of benzene rings is 2. The first-order valence-corrected chi connectivity index (χ1v) is 7.06. The highest BCUT2D eigenvalue weighted by atomic mass is 16.3. The van der Waals surface area contributed by atoms with E-state index in [9.17, 15) is 15.0 Å². The lowest BCUT2D eigenvalue weighted by Gasteiger charge is -2.10. The molecule has 3 atom stereocenters. The largest absolute Gasteiger partial charge is 0.504 e. The molecule has 0 aliphatic heterocycles. The van der Waals surface area contributed by atoms with Crippen LogP contribution in [-0.4, -0.2) is 22.2 Å². The Hall–Kier alpha value is -2.49. The average Bonchev–Trinajstić information content (AvgIpc) is 2.99. The molecule has 106 valence electrons. The van der Waals surface area contributed by atoms with Crippen LogP contribution in [0.1, 0.15) is 27.4 Å². The van der Waals surface area contributed by atoms with Gasteiger partial charge in [0, 0.05) is 12.0 Å². The molecule has 1 fully saturated rings. The number of hydrogen-bond donors (Lipinski definition) is 3. The summed E-state index contributed by atoms with van der Waals surface area (Å²) in [7, 11) is 0. The second-order valence-corrected chi connectivity index (χ2v) is 5.77. The molecule has 0 bridgehead atoms. The van der Waals surface area contributed by atoms with Crippen molar-refractivity contribution in [1.82, 2.24) is 5.32 Å². The van der Waals surface area contributed by atoms with E-state index >= 15 is 0 Å². The van der Waals surface area contributed by atoms with Crippen LogP contribution in [0.5, 0.6) is 11.5 Å². The van der Waals surface area contributed by atoms with Crippen molar-refractivity contribution in [2.75, 3.05) is 0 Å². The molecule has 2 aromatic rings. The number of phenolic OH excluding ortho intramolecular Hbond substituents is 2. The van der Waals surface area contributed by atoms with Crippen molar-refractivity contribution in [3.05, 3.63) is 59.2 Å². The Balaban J connectivity index is 1.52. The molecule has 4 nitrogen and oxygen atoms in total. The van der Waals surface area contributed by atoms with Crippen molar-refractivity contribution in [3.63, 3.8) is 0 Å². The highest BCUT2D eigenvalue weighted by Gasteiger charge is 2.56. The number of carbonyl (C=O) groups is 1.